The molecule has 0 atom stereocenters. The van der Waals surface area contributed by atoms with Gasteiger partial charge in [0, 0.05) is 27.5 Å². The van der Waals surface area contributed by atoms with Crippen LogP contribution in [0, 0.1) is 10.8 Å². The smallest absolute Gasteiger partial charge is 0.163 e. The fourth-order valence-electron chi connectivity index (χ4n) is 2.53. The van der Waals surface area contributed by atoms with E-state index in [4.69, 9.17) is 29.4 Å². The standard InChI is InChI=1S/C20H33NO5S/c1-19(2)11-23-6-5-22-7-8-25-16-9-15(21)18(27)10-17(16)26-14-20(3,4)13-24-12-19/h9-10,27H,5-8,11-14,21H2,1-4H3. The molecule has 1 aromatic rings. The van der Waals surface area contributed by atoms with Crippen molar-refractivity contribution in [1.82, 2.24) is 0 Å². The summed E-state index contributed by atoms with van der Waals surface area (Å²) in [4.78, 5) is 0.660. The molecule has 7 heteroatoms. The van der Waals surface area contributed by atoms with Crippen LogP contribution in [0.3, 0.4) is 0 Å². The van der Waals surface area contributed by atoms with Gasteiger partial charge in [-0.05, 0) is 6.07 Å². The van der Waals surface area contributed by atoms with E-state index in [0.29, 0.717) is 74.9 Å². The molecule has 0 aromatic heterocycles. The largest absolute Gasteiger partial charge is 0.489 e. The van der Waals surface area contributed by atoms with Crippen molar-refractivity contribution in [3.05, 3.63) is 12.1 Å². The predicted octanol–water partition coefficient (Wildman–Crippen LogP) is 3.43. The lowest BCUT2D eigenvalue weighted by molar-refractivity contribution is -0.0420. The highest BCUT2D eigenvalue weighted by atomic mass is 32.1. The van der Waals surface area contributed by atoms with E-state index in [1.165, 1.54) is 0 Å². The fourth-order valence-corrected chi connectivity index (χ4v) is 2.71. The fraction of sp³-hybridized carbons (Fsp3) is 0.700. The van der Waals surface area contributed by atoms with Crippen molar-refractivity contribution in [2.45, 2.75) is 32.6 Å². The van der Waals surface area contributed by atoms with Crippen LogP contribution in [0.4, 0.5) is 5.69 Å². The molecule has 0 fully saturated rings. The molecule has 0 amide bonds. The van der Waals surface area contributed by atoms with E-state index in [1.807, 2.05) is 0 Å². The number of nitrogen functional groups attached to an aromatic ring is 1. The Morgan fingerprint density at radius 3 is 2.04 bits per heavy atom. The minimum atomic E-state index is -0.163. The van der Waals surface area contributed by atoms with Crippen molar-refractivity contribution >= 4 is 18.3 Å². The summed E-state index contributed by atoms with van der Waals surface area (Å²) in [7, 11) is 0. The van der Waals surface area contributed by atoms with Gasteiger partial charge in [0.2, 0.25) is 0 Å². The number of hydrogen-bond donors (Lipinski definition) is 2. The lowest BCUT2D eigenvalue weighted by Crippen LogP contribution is -2.32. The Hall–Kier alpha value is -1.15. The summed E-state index contributed by atoms with van der Waals surface area (Å²) >= 11 is 4.39. The van der Waals surface area contributed by atoms with Crippen LogP contribution in [-0.4, -0.2) is 52.9 Å². The van der Waals surface area contributed by atoms with Crippen LogP contribution in [0.15, 0.2) is 17.0 Å². The van der Waals surface area contributed by atoms with E-state index in [2.05, 4.69) is 40.3 Å². The Bertz CT molecular complexity index is 606. The van der Waals surface area contributed by atoms with Gasteiger partial charge in [0.05, 0.1) is 46.2 Å². The van der Waals surface area contributed by atoms with Crippen LogP contribution in [0.1, 0.15) is 27.7 Å². The second-order valence-corrected chi connectivity index (χ2v) is 8.96. The molecule has 1 heterocycles. The summed E-state index contributed by atoms with van der Waals surface area (Å²) < 4.78 is 29.1. The van der Waals surface area contributed by atoms with Gasteiger partial charge in [-0.25, -0.2) is 0 Å². The van der Waals surface area contributed by atoms with Crippen molar-refractivity contribution in [1.29, 1.82) is 0 Å². The molecule has 2 N–H and O–H groups in total. The monoisotopic (exact) mass is 399 g/mol. The number of thiol groups is 1. The van der Waals surface area contributed by atoms with E-state index in [-0.39, 0.29) is 10.8 Å². The quantitative estimate of drug-likeness (QED) is 0.514. The maximum absolute atomic E-state index is 6.04. The van der Waals surface area contributed by atoms with Crippen LogP contribution in [0.5, 0.6) is 11.5 Å². The summed E-state index contributed by atoms with van der Waals surface area (Å²) in [6, 6.07) is 3.53. The number of rotatable bonds is 0. The van der Waals surface area contributed by atoms with E-state index < -0.39 is 0 Å². The zero-order chi connectivity index (χ0) is 19.9. The van der Waals surface area contributed by atoms with Gasteiger partial charge in [-0.15, -0.1) is 12.6 Å². The van der Waals surface area contributed by atoms with Crippen molar-refractivity contribution in [3.63, 3.8) is 0 Å². The average Bonchev–Trinajstić information content (AvgIpc) is 2.57. The first kappa shape index (κ1) is 22.1. The molecule has 2 rings (SSSR count). The third-order valence-corrected chi connectivity index (χ3v) is 4.43. The van der Waals surface area contributed by atoms with Gasteiger partial charge in [-0.2, -0.15) is 0 Å². The van der Waals surface area contributed by atoms with E-state index in [1.54, 1.807) is 12.1 Å². The van der Waals surface area contributed by atoms with E-state index in [0.717, 1.165) is 0 Å². The first-order valence-corrected chi connectivity index (χ1v) is 9.75. The minimum absolute atomic E-state index is 0.0565. The Kier molecular flexibility index (Phi) is 8.09. The maximum Gasteiger partial charge on any atom is 0.163 e. The van der Waals surface area contributed by atoms with Gasteiger partial charge in [0.1, 0.15) is 6.61 Å². The summed E-state index contributed by atoms with van der Waals surface area (Å²) in [6.45, 7) is 12.7. The highest BCUT2D eigenvalue weighted by molar-refractivity contribution is 7.80. The SMILES string of the molecule is CC1(C)COCCOCCOc2cc(N)c(S)cc2OCC(C)(C)COC1. The van der Waals surface area contributed by atoms with Gasteiger partial charge in [0.25, 0.3) is 0 Å². The van der Waals surface area contributed by atoms with Crippen LogP contribution < -0.4 is 15.2 Å². The molecule has 1 aliphatic heterocycles. The molecular formula is C20H33NO5S. The first-order chi connectivity index (χ1) is 12.7. The molecule has 1 aliphatic rings. The molecule has 1 aromatic carbocycles. The Morgan fingerprint density at radius 1 is 0.741 bits per heavy atom. The highest BCUT2D eigenvalue weighted by Gasteiger charge is 2.24. The Morgan fingerprint density at radius 2 is 1.30 bits per heavy atom. The molecule has 0 aliphatic carbocycles. The summed E-state index contributed by atoms with van der Waals surface area (Å²) in [6.07, 6.45) is 0. The van der Waals surface area contributed by atoms with Crippen molar-refractivity contribution < 1.29 is 23.7 Å². The molecule has 0 bridgehead atoms. The molecule has 0 unspecified atom stereocenters. The Balaban J connectivity index is 2.10. The van der Waals surface area contributed by atoms with Crippen LogP contribution in [-0.2, 0) is 14.2 Å². The molecule has 6 nitrogen and oxygen atoms in total. The zero-order valence-electron chi connectivity index (χ0n) is 16.9. The third kappa shape index (κ3) is 7.78. The highest BCUT2D eigenvalue weighted by Crippen LogP contribution is 2.35. The van der Waals surface area contributed by atoms with Gasteiger partial charge in [-0.3, -0.25) is 0 Å². The van der Waals surface area contributed by atoms with Gasteiger partial charge in [0.15, 0.2) is 11.5 Å². The molecule has 0 saturated carbocycles. The van der Waals surface area contributed by atoms with E-state index in [9.17, 15) is 0 Å². The Labute approximate surface area is 168 Å². The number of ether oxygens (including phenoxy) is 5. The molecule has 0 spiro atoms. The number of nitrogens with two attached hydrogens (primary N) is 1. The topological polar surface area (TPSA) is 72.2 Å². The lowest BCUT2D eigenvalue weighted by Gasteiger charge is -2.29. The maximum atomic E-state index is 6.04. The van der Waals surface area contributed by atoms with Gasteiger partial charge in [-0.1, -0.05) is 27.7 Å². The van der Waals surface area contributed by atoms with Crippen molar-refractivity contribution in [2.24, 2.45) is 10.8 Å². The van der Waals surface area contributed by atoms with Crippen LogP contribution in [0.25, 0.3) is 0 Å². The first-order valence-electron chi connectivity index (χ1n) is 9.30. The zero-order valence-corrected chi connectivity index (χ0v) is 17.8. The lowest BCUT2D eigenvalue weighted by atomic mass is 9.94. The molecule has 27 heavy (non-hydrogen) atoms. The van der Waals surface area contributed by atoms with Crippen LogP contribution in [0.2, 0.25) is 0 Å². The normalized spacial score (nSPS) is 22.0. The summed E-state index contributed by atoms with van der Waals surface area (Å²) in [5.41, 5.74) is 6.29. The average molecular weight is 400 g/mol. The van der Waals surface area contributed by atoms with Gasteiger partial charge < -0.3 is 29.4 Å². The number of hydrogen-bond acceptors (Lipinski definition) is 7. The second-order valence-electron chi connectivity index (χ2n) is 8.48. The number of fused-ring (bicyclic) bond motifs is 1. The van der Waals surface area contributed by atoms with Crippen molar-refractivity contribution in [3.8, 4) is 11.5 Å². The molecule has 154 valence electrons. The number of anilines is 1. The molecule has 0 saturated heterocycles. The molecular weight excluding hydrogens is 366 g/mol. The van der Waals surface area contributed by atoms with E-state index >= 15 is 0 Å². The van der Waals surface area contributed by atoms with Crippen molar-refractivity contribution in [2.75, 3.05) is 58.6 Å². The third-order valence-electron chi connectivity index (χ3n) is 4.05. The van der Waals surface area contributed by atoms with Crippen LogP contribution >= 0.6 is 12.6 Å². The van der Waals surface area contributed by atoms with Gasteiger partial charge >= 0.3 is 0 Å². The summed E-state index contributed by atoms with van der Waals surface area (Å²) in [5.74, 6) is 1.21. The molecule has 0 radical (unpaired) electrons. The minimum Gasteiger partial charge on any atom is -0.489 e. The second kappa shape index (κ2) is 9.87. The predicted molar refractivity (Wildman–Crippen MR) is 109 cm³/mol. The number of benzene rings is 1. The summed E-state index contributed by atoms with van der Waals surface area (Å²) in [5, 5.41) is 0.